The lowest BCUT2D eigenvalue weighted by Gasteiger charge is -2.15. The maximum absolute atomic E-state index is 12.8. The molecule has 1 fully saturated rings. The van der Waals surface area contributed by atoms with Crippen LogP contribution < -0.4 is 0 Å². The Morgan fingerprint density at radius 3 is 2.88 bits per heavy atom. The van der Waals surface area contributed by atoms with Crippen molar-refractivity contribution < 1.29 is 8.42 Å². The van der Waals surface area contributed by atoms with Crippen LogP contribution in [0.3, 0.4) is 0 Å². The number of aromatic nitrogens is 3. The van der Waals surface area contributed by atoms with Crippen molar-refractivity contribution >= 4 is 48.5 Å². The first-order chi connectivity index (χ1) is 11.5. The predicted octanol–water partition coefficient (Wildman–Crippen LogP) is 2.97. The van der Waals surface area contributed by atoms with Gasteiger partial charge in [0.2, 0.25) is 0 Å². The molecule has 0 spiro atoms. The number of nitrogens with zero attached hydrogens (tertiary/aromatic N) is 4. The topological polar surface area (TPSA) is 68.1 Å². The minimum absolute atomic E-state index is 0.0855. The Labute approximate surface area is 152 Å². The highest BCUT2D eigenvalue weighted by molar-refractivity contribution is 9.11. The van der Waals surface area contributed by atoms with Gasteiger partial charge in [0, 0.05) is 32.3 Å². The van der Waals surface area contributed by atoms with Crippen molar-refractivity contribution in [2.45, 2.75) is 16.5 Å². The molecule has 1 atom stereocenters. The average Bonchev–Trinajstić information content (AvgIpc) is 3.27. The first kappa shape index (κ1) is 16.2. The number of halogens is 1. The van der Waals surface area contributed by atoms with Crippen LogP contribution in [-0.4, -0.2) is 40.3 Å². The molecule has 0 amide bonds. The first-order valence-corrected chi connectivity index (χ1v) is 10.5. The van der Waals surface area contributed by atoms with Crippen LogP contribution in [0.1, 0.15) is 18.2 Å². The highest BCUT2D eigenvalue weighted by Crippen LogP contribution is 2.34. The molecule has 0 saturated carbocycles. The Morgan fingerprint density at radius 2 is 2.17 bits per heavy atom. The summed E-state index contributed by atoms with van der Waals surface area (Å²) in [5, 5.41) is 0. The van der Waals surface area contributed by atoms with Crippen LogP contribution in [0.15, 0.2) is 38.5 Å². The van der Waals surface area contributed by atoms with Gasteiger partial charge in [-0.05, 0) is 46.6 Å². The van der Waals surface area contributed by atoms with Gasteiger partial charge in [0.15, 0.2) is 5.65 Å². The monoisotopic (exact) mass is 426 g/mol. The van der Waals surface area contributed by atoms with Crippen molar-refractivity contribution in [2.75, 3.05) is 13.1 Å². The van der Waals surface area contributed by atoms with E-state index in [1.54, 1.807) is 22.6 Å². The summed E-state index contributed by atoms with van der Waals surface area (Å²) in [7, 11) is -1.50. The Morgan fingerprint density at radius 1 is 1.33 bits per heavy atom. The maximum atomic E-state index is 12.8. The van der Waals surface area contributed by atoms with Crippen molar-refractivity contribution in [2.24, 2.45) is 7.05 Å². The molecule has 0 aliphatic carbocycles. The van der Waals surface area contributed by atoms with Gasteiger partial charge in [-0.15, -0.1) is 11.3 Å². The van der Waals surface area contributed by atoms with E-state index in [4.69, 9.17) is 0 Å². The van der Waals surface area contributed by atoms with E-state index in [-0.39, 0.29) is 5.92 Å². The molecular weight excluding hydrogens is 412 g/mol. The van der Waals surface area contributed by atoms with E-state index in [2.05, 4.69) is 25.9 Å². The van der Waals surface area contributed by atoms with E-state index < -0.39 is 10.0 Å². The third kappa shape index (κ3) is 2.59. The molecule has 0 N–H and O–H groups in total. The van der Waals surface area contributed by atoms with Gasteiger partial charge in [-0.1, -0.05) is 0 Å². The molecule has 1 saturated heterocycles. The first-order valence-electron chi connectivity index (χ1n) is 7.49. The van der Waals surface area contributed by atoms with Gasteiger partial charge >= 0.3 is 0 Å². The van der Waals surface area contributed by atoms with Crippen molar-refractivity contribution in [1.82, 2.24) is 18.8 Å². The molecular formula is C15H15BrN4O2S2. The highest BCUT2D eigenvalue weighted by Gasteiger charge is 2.36. The van der Waals surface area contributed by atoms with E-state index in [9.17, 15) is 8.42 Å². The van der Waals surface area contributed by atoms with Crippen molar-refractivity contribution in [3.8, 4) is 0 Å². The number of hydrogen-bond acceptors (Lipinski definition) is 5. The Bertz CT molecular complexity index is 1010. The van der Waals surface area contributed by atoms with E-state index in [0.29, 0.717) is 17.3 Å². The Kier molecular flexibility index (Phi) is 3.98. The molecule has 3 aromatic heterocycles. The molecule has 3 aromatic rings. The number of thiophene rings is 1. The molecule has 1 aliphatic heterocycles. The smallest absolute Gasteiger partial charge is 0.252 e. The number of aryl methyl sites for hydroxylation is 1. The lowest BCUT2D eigenvalue weighted by Crippen LogP contribution is -2.28. The quantitative estimate of drug-likeness (QED) is 0.645. The standard InChI is InChI=1S/C15H15BrN4O2S2/c1-19-14(18-11-3-2-7-17-15(11)19)10-6-8-20(9-10)24(21,22)13-5-4-12(16)23-13/h2-5,7,10H,6,8-9H2,1H3. The molecule has 126 valence electrons. The van der Waals surface area contributed by atoms with Gasteiger partial charge in [0.1, 0.15) is 15.6 Å². The van der Waals surface area contributed by atoms with Crippen LogP contribution in [0.2, 0.25) is 0 Å². The lowest BCUT2D eigenvalue weighted by atomic mass is 10.1. The minimum atomic E-state index is -3.43. The van der Waals surface area contributed by atoms with Crippen LogP contribution in [-0.2, 0) is 17.1 Å². The molecule has 1 aliphatic rings. The van der Waals surface area contributed by atoms with Crippen LogP contribution >= 0.6 is 27.3 Å². The summed E-state index contributed by atoms with van der Waals surface area (Å²) < 4.78 is 30.2. The third-order valence-electron chi connectivity index (χ3n) is 4.32. The van der Waals surface area contributed by atoms with Crippen LogP contribution in [0, 0.1) is 0 Å². The van der Waals surface area contributed by atoms with E-state index in [1.807, 2.05) is 23.7 Å². The van der Waals surface area contributed by atoms with Crippen molar-refractivity contribution in [3.63, 3.8) is 0 Å². The molecule has 6 nitrogen and oxygen atoms in total. The summed E-state index contributed by atoms with van der Waals surface area (Å²) in [6, 6.07) is 7.20. The largest absolute Gasteiger partial charge is 0.316 e. The lowest BCUT2D eigenvalue weighted by molar-refractivity contribution is 0.472. The molecule has 0 bridgehead atoms. The number of hydrogen-bond donors (Lipinski definition) is 0. The van der Waals surface area contributed by atoms with Gasteiger partial charge in [-0.25, -0.2) is 18.4 Å². The van der Waals surface area contributed by atoms with Crippen molar-refractivity contribution in [3.05, 3.63) is 40.1 Å². The van der Waals surface area contributed by atoms with Gasteiger partial charge in [-0.2, -0.15) is 4.31 Å². The average molecular weight is 427 g/mol. The number of sulfonamides is 1. The second-order valence-corrected chi connectivity index (χ2v) is 10.4. The molecule has 0 radical (unpaired) electrons. The Hall–Kier alpha value is -1.29. The van der Waals surface area contributed by atoms with Gasteiger partial charge in [0.05, 0.1) is 3.79 Å². The fourth-order valence-electron chi connectivity index (χ4n) is 3.13. The summed E-state index contributed by atoms with van der Waals surface area (Å²) in [6.45, 7) is 0.966. The third-order valence-corrected chi connectivity index (χ3v) is 8.28. The molecule has 4 rings (SSSR count). The second-order valence-electron chi connectivity index (χ2n) is 5.78. The zero-order chi connectivity index (χ0) is 16.9. The van der Waals surface area contributed by atoms with Crippen LogP contribution in [0.4, 0.5) is 0 Å². The summed E-state index contributed by atoms with van der Waals surface area (Å²) in [5.74, 6) is 0.983. The van der Waals surface area contributed by atoms with Gasteiger partial charge in [-0.3, -0.25) is 0 Å². The number of imidazole rings is 1. The van der Waals surface area contributed by atoms with Gasteiger partial charge in [0.25, 0.3) is 10.0 Å². The molecule has 24 heavy (non-hydrogen) atoms. The zero-order valence-corrected chi connectivity index (χ0v) is 16.1. The summed E-state index contributed by atoms with van der Waals surface area (Å²) >= 11 is 4.57. The minimum Gasteiger partial charge on any atom is -0.316 e. The number of fused-ring (bicyclic) bond motifs is 1. The van der Waals surface area contributed by atoms with E-state index in [0.717, 1.165) is 27.2 Å². The fourth-order valence-corrected chi connectivity index (χ4v) is 6.79. The molecule has 0 aromatic carbocycles. The summed E-state index contributed by atoms with van der Waals surface area (Å²) in [5.41, 5.74) is 1.68. The van der Waals surface area contributed by atoms with Crippen molar-refractivity contribution in [1.29, 1.82) is 0 Å². The normalized spacial score (nSPS) is 19.3. The zero-order valence-electron chi connectivity index (χ0n) is 12.9. The SMILES string of the molecule is Cn1c(C2CCN(S(=O)(=O)c3ccc(Br)s3)C2)nc2cccnc21. The number of rotatable bonds is 3. The van der Waals surface area contributed by atoms with Crippen LogP contribution in [0.5, 0.6) is 0 Å². The maximum Gasteiger partial charge on any atom is 0.252 e. The van der Waals surface area contributed by atoms with Gasteiger partial charge < -0.3 is 4.57 Å². The molecule has 1 unspecified atom stereocenters. The Balaban J connectivity index is 1.63. The summed E-state index contributed by atoms with van der Waals surface area (Å²) in [4.78, 5) is 9.02. The second kappa shape index (κ2) is 5.91. The van der Waals surface area contributed by atoms with Crippen LogP contribution in [0.25, 0.3) is 11.2 Å². The van der Waals surface area contributed by atoms with E-state index >= 15 is 0 Å². The molecule has 9 heteroatoms. The van der Waals surface area contributed by atoms with E-state index in [1.165, 1.54) is 11.3 Å². The molecule has 4 heterocycles. The predicted molar refractivity (Wildman–Crippen MR) is 96.6 cm³/mol. The fraction of sp³-hybridized carbons (Fsp3) is 0.333. The highest BCUT2D eigenvalue weighted by atomic mass is 79.9. The summed E-state index contributed by atoms with van der Waals surface area (Å²) in [6.07, 6.45) is 2.51. The number of pyridine rings is 1.